The normalized spacial score (nSPS) is 13.3. The van der Waals surface area contributed by atoms with Crippen molar-refractivity contribution in [2.24, 2.45) is 11.7 Å². The molecule has 2 atom stereocenters. The van der Waals surface area contributed by atoms with Crippen LogP contribution in [0.1, 0.15) is 57.3 Å². The molecule has 0 aliphatic rings. The van der Waals surface area contributed by atoms with E-state index in [9.17, 15) is 9.59 Å². The fourth-order valence-corrected chi connectivity index (χ4v) is 2.39. The zero-order valence-corrected chi connectivity index (χ0v) is 16.5. The highest BCUT2D eigenvalue weighted by Crippen LogP contribution is 2.12. The molecule has 0 spiro atoms. The van der Waals surface area contributed by atoms with Crippen molar-refractivity contribution in [2.45, 2.75) is 58.5 Å². The van der Waals surface area contributed by atoms with Crippen molar-refractivity contribution in [1.82, 2.24) is 10.6 Å². The van der Waals surface area contributed by atoms with Crippen LogP contribution in [0.5, 0.6) is 0 Å². The number of nitrogens with one attached hydrogen (secondary N) is 2. The SMILES string of the molecule is CCC(C)C(NC(=O)c1ccccc1)C(=O)NCC(N)(CC)CC.Cl. The molecule has 0 saturated heterocycles. The molecule has 1 aromatic rings. The molecule has 6 heteroatoms. The van der Waals surface area contributed by atoms with Crippen molar-refractivity contribution in [3.63, 3.8) is 0 Å². The number of carbonyl (C=O) groups is 2. The fourth-order valence-electron chi connectivity index (χ4n) is 2.39. The summed E-state index contributed by atoms with van der Waals surface area (Å²) < 4.78 is 0. The van der Waals surface area contributed by atoms with Crippen LogP contribution in [0, 0.1) is 5.92 Å². The van der Waals surface area contributed by atoms with Gasteiger partial charge in [-0.3, -0.25) is 9.59 Å². The first-order valence-electron chi connectivity index (χ1n) is 8.79. The van der Waals surface area contributed by atoms with Gasteiger partial charge in [-0.25, -0.2) is 0 Å². The molecular formula is C19H32ClN3O2. The highest BCUT2D eigenvalue weighted by atomic mass is 35.5. The second-order valence-corrected chi connectivity index (χ2v) is 6.49. The Bertz CT molecular complexity index is 533. The topological polar surface area (TPSA) is 84.2 Å². The summed E-state index contributed by atoms with van der Waals surface area (Å²) in [6.45, 7) is 8.40. The molecule has 0 heterocycles. The molecule has 2 amide bonds. The Labute approximate surface area is 157 Å². The lowest BCUT2D eigenvalue weighted by molar-refractivity contribution is -0.124. The summed E-state index contributed by atoms with van der Waals surface area (Å²) in [4.78, 5) is 25.0. The quantitative estimate of drug-likeness (QED) is 0.625. The number of carbonyl (C=O) groups excluding carboxylic acids is 2. The van der Waals surface area contributed by atoms with E-state index in [4.69, 9.17) is 5.73 Å². The van der Waals surface area contributed by atoms with Gasteiger partial charge < -0.3 is 16.4 Å². The Balaban J connectivity index is 0.00000576. The van der Waals surface area contributed by atoms with E-state index >= 15 is 0 Å². The Morgan fingerprint density at radius 2 is 1.68 bits per heavy atom. The minimum atomic E-state index is -0.569. The van der Waals surface area contributed by atoms with Crippen LogP contribution in [0.2, 0.25) is 0 Å². The van der Waals surface area contributed by atoms with E-state index in [1.54, 1.807) is 24.3 Å². The molecule has 0 aliphatic heterocycles. The van der Waals surface area contributed by atoms with Gasteiger partial charge in [-0.1, -0.05) is 52.3 Å². The maximum Gasteiger partial charge on any atom is 0.251 e. The molecule has 0 fully saturated rings. The molecule has 0 bridgehead atoms. The van der Waals surface area contributed by atoms with Crippen molar-refractivity contribution in [3.8, 4) is 0 Å². The van der Waals surface area contributed by atoms with Crippen molar-refractivity contribution in [1.29, 1.82) is 0 Å². The minimum Gasteiger partial charge on any atom is -0.352 e. The summed E-state index contributed by atoms with van der Waals surface area (Å²) in [6, 6.07) is 8.36. The predicted molar refractivity (Wildman–Crippen MR) is 105 cm³/mol. The van der Waals surface area contributed by atoms with E-state index in [2.05, 4.69) is 10.6 Å². The molecule has 1 rings (SSSR count). The molecule has 0 aromatic heterocycles. The summed E-state index contributed by atoms with van der Waals surface area (Å²) in [5.74, 6) is -0.375. The Kier molecular flexibility index (Phi) is 10.4. The number of benzene rings is 1. The van der Waals surface area contributed by atoms with Crippen LogP contribution in [0.4, 0.5) is 0 Å². The van der Waals surface area contributed by atoms with Crippen LogP contribution in [-0.4, -0.2) is 29.9 Å². The fraction of sp³-hybridized carbons (Fsp3) is 0.579. The van der Waals surface area contributed by atoms with Gasteiger partial charge in [-0.05, 0) is 30.9 Å². The number of hydrogen-bond donors (Lipinski definition) is 3. The first-order valence-corrected chi connectivity index (χ1v) is 8.79. The summed E-state index contributed by atoms with van der Waals surface area (Å²) in [5.41, 5.74) is 6.39. The van der Waals surface area contributed by atoms with Gasteiger partial charge in [0.1, 0.15) is 6.04 Å². The van der Waals surface area contributed by atoms with Gasteiger partial charge >= 0.3 is 0 Å². The Morgan fingerprint density at radius 3 is 2.16 bits per heavy atom. The summed E-state index contributed by atoms with van der Waals surface area (Å²) in [5, 5.41) is 5.78. The van der Waals surface area contributed by atoms with Crippen LogP contribution >= 0.6 is 12.4 Å². The monoisotopic (exact) mass is 369 g/mol. The van der Waals surface area contributed by atoms with E-state index in [0.29, 0.717) is 12.1 Å². The lowest BCUT2D eigenvalue weighted by Crippen LogP contribution is -2.55. The molecule has 5 nitrogen and oxygen atoms in total. The van der Waals surface area contributed by atoms with Gasteiger partial charge in [0, 0.05) is 17.6 Å². The van der Waals surface area contributed by atoms with Crippen LogP contribution in [0.3, 0.4) is 0 Å². The summed E-state index contributed by atoms with van der Waals surface area (Å²) in [7, 11) is 0. The van der Waals surface area contributed by atoms with Gasteiger partial charge in [-0.15, -0.1) is 12.4 Å². The average molecular weight is 370 g/mol. The highest BCUT2D eigenvalue weighted by Gasteiger charge is 2.28. The molecule has 4 N–H and O–H groups in total. The Morgan fingerprint density at radius 1 is 1.12 bits per heavy atom. The lowest BCUT2D eigenvalue weighted by atomic mass is 9.93. The number of halogens is 1. The predicted octanol–water partition coefficient (Wildman–Crippen LogP) is 2.89. The number of nitrogens with two attached hydrogens (primary N) is 1. The second-order valence-electron chi connectivity index (χ2n) is 6.49. The van der Waals surface area contributed by atoms with Crippen molar-refractivity contribution in [2.75, 3.05) is 6.54 Å². The third-order valence-electron chi connectivity index (χ3n) is 4.84. The smallest absolute Gasteiger partial charge is 0.251 e. The van der Waals surface area contributed by atoms with Crippen molar-refractivity contribution in [3.05, 3.63) is 35.9 Å². The van der Waals surface area contributed by atoms with Crippen LogP contribution in [0.15, 0.2) is 30.3 Å². The van der Waals surface area contributed by atoms with Crippen molar-refractivity contribution < 1.29 is 9.59 Å². The average Bonchev–Trinajstić information content (AvgIpc) is 2.63. The zero-order chi connectivity index (χ0) is 18.2. The van der Waals surface area contributed by atoms with Gasteiger partial charge in [-0.2, -0.15) is 0 Å². The standard InChI is InChI=1S/C19H31N3O2.ClH/c1-5-14(4)16(18(24)21-13-19(20,6-2)7-3)22-17(23)15-11-9-8-10-12-15;/h8-12,14,16H,5-7,13,20H2,1-4H3,(H,21,24)(H,22,23);1H. The van der Waals surface area contributed by atoms with Crippen molar-refractivity contribution >= 4 is 24.2 Å². The largest absolute Gasteiger partial charge is 0.352 e. The molecule has 142 valence electrons. The molecule has 0 radical (unpaired) electrons. The van der Waals surface area contributed by atoms with E-state index < -0.39 is 11.6 Å². The van der Waals surface area contributed by atoms with E-state index in [0.717, 1.165) is 19.3 Å². The maximum atomic E-state index is 12.6. The summed E-state index contributed by atoms with van der Waals surface area (Å²) >= 11 is 0. The van der Waals surface area contributed by atoms with E-state index in [-0.39, 0.29) is 30.1 Å². The molecule has 2 unspecified atom stereocenters. The maximum absolute atomic E-state index is 12.6. The number of amides is 2. The first kappa shape index (κ1) is 23.4. The van der Waals surface area contributed by atoms with E-state index in [1.165, 1.54) is 0 Å². The molecule has 1 aromatic carbocycles. The van der Waals surface area contributed by atoms with Crippen LogP contribution in [0.25, 0.3) is 0 Å². The first-order chi connectivity index (χ1) is 11.4. The highest BCUT2D eigenvalue weighted by molar-refractivity contribution is 5.97. The molecule has 0 saturated carbocycles. The van der Waals surface area contributed by atoms with Crippen LogP contribution < -0.4 is 16.4 Å². The van der Waals surface area contributed by atoms with Gasteiger partial charge in [0.05, 0.1) is 0 Å². The molecule has 25 heavy (non-hydrogen) atoms. The van der Waals surface area contributed by atoms with Gasteiger partial charge in [0.2, 0.25) is 5.91 Å². The van der Waals surface area contributed by atoms with Gasteiger partial charge in [0.15, 0.2) is 0 Å². The molecular weight excluding hydrogens is 338 g/mol. The summed E-state index contributed by atoms with van der Waals surface area (Å²) in [6.07, 6.45) is 2.37. The van der Waals surface area contributed by atoms with Gasteiger partial charge in [0.25, 0.3) is 5.91 Å². The molecule has 0 aliphatic carbocycles. The number of rotatable bonds is 9. The third-order valence-corrected chi connectivity index (χ3v) is 4.84. The second kappa shape index (κ2) is 11.1. The minimum absolute atomic E-state index is 0. The zero-order valence-electron chi connectivity index (χ0n) is 15.7. The van der Waals surface area contributed by atoms with E-state index in [1.807, 2.05) is 33.8 Å². The Hall–Kier alpha value is -1.59. The van der Waals surface area contributed by atoms with Crippen LogP contribution in [-0.2, 0) is 4.79 Å². The third kappa shape index (κ3) is 7.04. The number of hydrogen-bond acceptors (Lipinski definition) is 3. The lowest BCUT2D eigenvalue weighted by Gasteiger charge is -2.29.